The molecule has 0 fully saturated rings. The largest absolute Gasteiger partial charge is 0.366 e. The molecule has 0 amide bonds. The summed E-state index contributed by atoms with van der Waals surface area (Å²) in [5, 5.41) is 4.01. The molecule has 0 aliphatic carbocycles. The van der Waals surface area contributed by atoms with Gasteiger partial charge in [-0.15, -0.1) is 5.10 Å². The number of nitrogen functional groups attached to an aromatic ring is 1. The zero-order chi connectivity index (χ0) is 7.84. The van der Waals surface area contributed by atoms with Crippen LogP contribution in [0.3, 0.4) is 0 Å². The smallest absolute Gasteiger partial charge is 0.239 e. The lowest BCUT2D eigenvalue weighted by molar-refractivity contribution is 0.433. The Kier molecular flexibility index (Phi) is 1.32. The molecular formula is C6H11N5. The first-order valence-corrected chi connectivity index (χ1v) is 3.70. The molecule has 1 aromatic heterocycles. The molecule has 2 rings (SSSR count). The topological polar surface area (TPSA) is 82.8 Å². The fourth-order valence-corrected chi connectivity index (χ4v) is 1.35. The zero-order valence-corrected chi connectivity index (χ0v) is 6.20. The van der Waals surface area contributed by atoms with E-state index in [-0.39, 0.29) is 6.04 Å². The Morgan fingerprint density at radius 3 is 3.18 bits per heavy atom. The highest BCUT2D eigenvalue weighted by Gasteiger charge is 2.17. The van der Waals surface area contributed by atoms with E-state index in [1.807, 2.05) is 4.68 Å². The molecule has 0 saturated heterocycles. The molecule has 1 aromatic rings. The van der Waals surface area contributed by atoms with Crippen molar-refractivity contribution in [2.75, 3.05) is 5.73 Å². The number of nitrogens with two attached hydrogens (primary N) is 2. The maximum atomic E-state index is 5.74. The standard InChI is InChI=1S/C6H11N5/c7-4-1-2-11-5(3-4)9-6(8)10-11/h4H,1-3,7H2,(H2,8,10). The Bertz CT molecular complexity index is 266. The quantitative estimate of drug-likeness (QED) is 0.507. The van der Waals surface area contributed by atoms with Crippen LogP contribution in [-0.4, -0.2) is 20.8 Å². The highest BCUT2D eigenvalue weighted by atomic mass is 15.4. The maximum Gasteiger partial charge on any atom is 0.239 e. The summed E-state index contributed by atoms with van der Waals surface area (Å²) in [6.07, 6.45) is 1.76. The van der Waals surface area contributed by atoms with Crippen LogP contribution in [-0.2, 0) is 13.0 Å². The summed E-state index contributed by atoms with van der Waals surface area (Å²) in [4.78, 5) is 4.05. The summed E-state index contributed by atoms with van der Waals surface area (Å²) in [7, 11) is 0. The number of aromatic nitrogens is 3. The molecule has 5 heteroatoms. The third-order valence-electron chi connectivity index (χ3n) is 1.92. The van der Waals surface area contributed by atoms with Crippen LogP contribution in [0.5, 0.6) is 0 Å². The van der Waals surface area contributed by atoms with E-state index in [0.29, 0.717) is 5.95 Å². The van der Waals surface area contributed by atoms with Gasteiger partial charge >= 0.3 is 0 Å². The number of hydrogen-bond acceptors (Lipinski definition) is 4. The van der Waals surface area contributed by atoms with E-state index in [0.717, 1.165) is 25.2 Å². The van der Waals surface area contributed by atoms with Crippen LogP contribution >= 0.6 is 0 Å². The van der Waals surface area contributed by atoms with Gasteiger partial charge in [0.1, 0.15) is 5.82 Å². The van der Waals surface area contributed by atoms with Crippen molar-refractivity contribution >= 4 is 5.95 Å². The number of anilines is 1. The fourth-order valence-electron chi connectivity index (χ4n) is 1.35. The van der Waals surface area contributed by atoms with Crippen molar-refractivity contribution < 1.29 is 0 Å². The second-order valence-corrected chi connectivity index (χ2v) is 2.86. The van der Waals surface area contributed by atoms with E-state index >= 15 is 0 Å². The summed E-state index contributed by atoms with van der Waals surface area (Å²) in [5.41, 5.74) is 11.2. The van der Waals surface area contributed by atoms with Crippen molar-refractivity contribution in [2.24, 2.45) is 5.73 Å². The molecule has 11 heavy (non-hydrogen) atoms. The van der Waals surface area contributed by atoms with E-state index in [1.165, 1.54) is 0 Å². The average Bonchev–Trinajstić information content (AvgIpc) is 2.27. The zero-order valence-electron chi connectivity index (χ0n) is 6.20. The van der Waals surface area contributed by atoms with Crippen LogP contribution in [0.2, 0.25) is 0 Å². The minimum Gasteiger partial charge on any atom is -0.366 e. The van der Waals surface area contributed by atoms with Gasteiger partial charge in [0.25, 0.3) is 0 Å². The van der Waals surface area contributed by atoms with Crippen LogP contribution in [0.25, 0.3) is 0 Å². The third kappa shape index (κ3) is 1.07. The summed E-state index contributed by atoms with van der Waals surface area (Å²) in [5.74, 6) is 1.27. The summed E-state index contributed by atoms with van der Waals surface area (Å²) < 4.78 is 1.83. The van der Waals surface area contributed by atoms with Crippen LogP contribution < -0.4 is 11.5 Å². The first-order chi connectivity index (χ1) is 5.25. The fraction of sp³-hybridized carbons (Fsp3) is 0.667. The van der Waals surface area contributed by atoms with Gasteiger partial charge in [0.15, 0.2) is 0 Å². The van der Waals surface area contributed by atoms with Crippen LogP contribution in [0.1, 0.15) is 12.2 Å². The van der Waals surface area contributed by atoms with E-state index in [9.17, 15) is 0 Å². The lowest BCUT2D eigenvalue weighted by Crippen LogP contribution is -2.31. The first kappa shape index (κ1) is 6.60. The van der Waals surface area contributed by atoms with Crippen LogP contribution in [0.4, 0.5) is 5.95 Å². The molecule has 5 nitrogen and oxygen atoms in total. The lowest BCUT2D eigenvalue weighted by atomic mass is 10.1. The van der Waals surface area contributed by atoms with Crippen molar-refractivity contribution in [1.82, 2.24) is 14.8 Å². The second-order valence-electron chi connectivity index (χ2n) is 2.86. The highest BCUT2D eigenvalue weighted by Crippen LogP contribution is 2.11. The summed E-state index contributed by atoms with van der Waals surface area (Å²) >= 11 is 0. The number of rotatable bonds is 0. The van der Waals surface area contributed by atoms with E-state index < -0.39 is 0 Å². The molecule has 0 bridgehead atoms. The Morgan fingerprint density at radius 2 is 2.36 bits per heavy atom. The maximum absolute atomic E-state index is 5.74. The minimum atomic E-state index is 0.228. The Hall–Kier alpha value is -1.10. The number of aryl methyl sites for hydroxylation is 1. The van der Waals surface area contributed by atoms with Gasteiger partial charge in [-0.25, -0.2) is 4.68 Å². The molecule has 60 valence electrons. The van der Waals surface area contributed by atoms with Crippen LogP contribution in [0, 0.1) is 0 Å². The predicted molar refractivity (Wildman–Crippen MR) is 40.7 cm³/mol. The molecular weight excluding hydrogens is 142 g/mol. The monoisotopic (exact) mass is 153 g/mol. The van der Waals surface area contributed by atoms with E-state index in [1.54, 1.807) is 0 Å². The molecule has 0 aromatic carbocycles. The van der Waals surface area contributed by atoms with Gasteiger partial charge in [0.05, 0.1) is 0 Å². The van der Waals surface area contributed by atoms with Gasteiger partial charge < -0.3 is 11.5 Å². The molecule has 0 spiro atoms. The molecule has 1 atom stereocenters. The predicted octanol–water partition coefficient (Wildman–Crippen LogP) is -0.866. The van der Waals surface area contributed by atoms with Gasteiger partial charge in [-0.3, -0.25) is 0 Å². The van der Waals surface area contributed by atoms with Gasteiger partial charge in [-0.05, 0) is 6.42 Å². The van der Waals surface area contributed by atoms with E-state index in [2.05, 4.69) is 10.1 Å². The lowest BCUT2D eigenvalue weighted by Gasteiger charge is -2.17. The number of hydrogen-bond donors (Lipinski definition) is 2. The normalized spacial score (nSPS) is 23.2. The van der Waals surface area contributed by atoms with Crippen LogP contribution in [0.15, 0.2) is 0 Å². The molecule has 1 unspecified atom stereocenters. The molecule has 0 radical (unpaired) electrons. The van der Waals surface area contributed by atoms with Crippen molar-refractivity contribution in [2.45, 2.75) is 25.4 Å². The van der Waals surface area contributed by atoms with Gasteiger partial charge in [0, 0.05) is 19.0 Å². The second kappa shape index (κ2) is 2.20. The highest BCUT2D eigenvalue weighted by molar-refractivity contribution is 5.15. The van der Waals surface area contributed by atoms with E-state index in [4.69, 9.17) is 11.5 Å². The van der Waals surface area contributed by atoms with Crippen molar-refractivity contribution in [3.05, 3.63) is 5.82 Å². The summed E-state index contributed by atoms with van der Waals surface area (Å²) in [6, 6.07) is 0.228. The van der Waals surface area contributed by atoms with Crippen molar-refractivity contribution in [1.29, 1.82) is 0 Å². The SMILES string of the molecule is Nc1nc2n(n1)CCC(N)C2. The molecule has 4 N–H and O–H groups in total. The Labute approximate surface area is 64.4 Å². The van der Waals surface area contributed by atoms with Gasteiger partial charge in [0.2, 0.25) is 5.95 Å². The first-order valence-electron chi connectivity index (χ1n) is 3.70. The van der Waals surface area contributed by atoms with Crippen molar-refractivity contribution in [3.63, 3.8) is 0 Å². The number of fused-ring (bicyclic) bond motifs is 1. The third-order valence-corrected chi connectivity index (χ3v) is 1.92. The van der Waals surface area contributed by atoms with Crippen molar-refractivity contribution in [3.8, 4) is 0 Å². The number of nitrogens with zero attached hydrogens (tertiary/aromatic N) is 3. The summed E-state index contributed by atoms with van der Waals surface area (Å²) in [6.45, 7) is 0.848. The average molecular weight is 153 g/mol. The molecule has 2 heterocycles. The molecule has 1 aliphatic rings. The Morgan fingerprint density at radius 1 is 1.55 bits per heavy atom. The molecule has 1 aliphatic heterocycles. The minimum absolute atomic E-state index is 0.228. The van der Waals surface area contributed by atoms with Gasteiger partial charge in [-0.2, -0.15) is 4.98 Å². The Balaban J connectivity index is 2.34. The van der Waals surface area contributed by atoms with Gasteiger partial charge in [-0.1, -0.05) is 0 Å². The molecule has 0 saturated carbocycles.